The van der Waals surface area contributed by atoms with Crippen LogP contribution in [0, 0.1) is 5.82 Å². The smallest absolute Gasteiger partial charge is 0.131 e. The minimum absolute atomic E-state index is 0.218. The molecular formula is C27H28FNO. The molecule has 0 radical (unpaired) electrons. The summed E-state index contributed by atoms with van der Waals surface area (Å²) in [6.45, 7) is 5.51. The molecule has 0 aliphatic rings. The van der Waals surface area contributed by atoms with Crippen molar-refractivity contribution in [1.29, 1.82) is 0 Å². The minimum atomic E-state index is -0.237. The number of aromatic nitrogens is 1. The molecule has 2 aromatic carbocycles. The molecule has 0 aliphatic carbocycles. The molecular weight excluding hydrogens is 373 g/mol. The second kappa shape index (κ2) is 10.7. The summed E-state index contributed by atoms with van der Waals surface area (Å²) in [5.41, 5.74) is 5.29. The Morgan fingerprint density at radius 2 is 1.83 bits per heavy atom. The highest BCUT2D eigenvalue weighted by molar-refractivity contribution is 5.69. The molecule has 30 heavy (non-hydrogen) atoms. The molecule has 3 rings (SSSR count). The van der Waals surface area contributed by atoms with Gasteiger partial charge in [-0.05, 0) is 61.4 Å². The number of aliphatic hydroxyl groups excluding tert-OH is 1. The van der Waals surface area contributed by atoms with E-state index in [9.17, 15) is 9.50 Å². The van der Waals surface area contributed by atoms with Crippen molar-refractivity contribution in [3.8, 4) is 22.4 Å². The van der Waals surface area contributed by atoms with E-state index in [0.29, 0.717) is 12.0 Å². The second-order valence-corrected chi connectivity index (χ2v) is 7.54. The van der Waals surface area contributed by atoms with Crippen molar-refractivity contribution < 1.29 is 9.50 Å². The molecule has 1 N–H and O–H groups in total. The van der Waals surface area contributed by atoms with Crippen LogP contribution in [0.1, 0.15) is 37.3 Å². The van der Waals surface area contributed by atoms with Gasteiger partial charge in [0.2, 0.25) is 0 Å². The Hall–Kier alpha value is -3.04. The predicted octanol–water partition coefficient (Wildman–Crippen LogP) is 6.85. The summed E-state index contributed by atoms with van der Waals surface area (Å²) in [5, 5.41) is 9.28. The highest BCUT2D eigenvalue weighted by atomic mass is 19.1. The summed E-state index contributed by atoms with van der Waals surface area (Å²) >= 11 is 0. The molecule has 0 saturated carbocycles. The van der Waals surface area contributed by atoms with Crippen molar-refractivity contribution in [3.63, 3.8) is 0 Å². The van der Waals surface area contributed by atoms with Crippen molar-refractivity contribution in [2.45, 2.75) is 38.7 Å². The van der Waals surface area contributed by atoms with Gasteiger partial charge in [0.05, 0.1) is 11.8 Å². The van der Waals surface area contributed by atoms with Gasteiger partial charge in [-0.15, -0.1) is 6.58 Å². The number of rotatable bonds is 9. The fourth-order valence-electron chi connectivity index (χ4n) is 3.33. The van der Waals surface area contributed by atoms with Crippen LogP contribution < -0.4 is 0 Å². The summed E-state index contributed by atoms with van der Waals surface area (Å²) in [6.07, 6.45) is 11.0. The SMILES string of the molecule is C=CCc1ccc(-c2ccc(-c3ccc(/C=C/CCCC(C)O)cn3)cc2)c(F)c1. The van der Waals surface area contributed by atoms with Crippen LogP contribution >= 0.6 is 0 Å². The quantitative estimate of drug-likeness (QED) is 0.314. The summed E-state index contributed by atoms with van der Waals surface area (Å²) in [6, 6.07) is 17.2. The first-order valence-corrected chi connectivity index (χ1v) is 10.4. The lowest BCUT2D eigenvalue weighted by atomic mass is 10.00. The van der Waals surface area contributed by atoms with Crippen LogP contribution in [0.3, 0.4) is 0 Å². The zero-order chi connectivity index (χ0) is 21.3. The first kappa shape index (κ1) is 21.7. The first-order valence-electron chi connectivity index (χ1n) is 10.4. The van der Waals surface area contributed by atoms with Crippen LogP contribution in [-0.4, -0.2) is 16.2 Å². The highest BCUT2D eigenvalue weighted by Gasteiger charge is 2.07. The van der Waals surface area contributed by atoms with Gasteiger partial charge in [0, 0.05) is 17.3 Å². The van der Waals surface area contributed by atoms with E-state index in [2.05, 4.69) is 23.7 Å². The number of hydrogen-bond donors (Lipinski definition) is 1. The lowest BCUT2D eigenvalue weighted by Gasteiger charge is -2.07. The van der Waals surface area contributed by atoms with Gasteiger partial charge in [-0.2, -0.15) is 0 Å². The number of allylic oxidation sites excluding steroid dienone is 2. The van der Waals surface area contributed by atoms with Crippen molar-refractivity contribution in [1.82, 2.24) is 4.98 Å². The van der Waals surface area contributed by atoms with Gasteiger partial charge in [0.15, 0.2) is 0 Å². The van der Waals surface area contributed by atoms with Gasteiger partial charge in [0.25, 0.3) is 0 Å². The maximum absolute atomic E-state index is 14.5. The maximum atomic E-state index is 14.5. The summed E-state index contributed by atoms with van der Waals surface area (Å²) < 4.78 is 14.5. The molecule has 0 aliphatic heterocycles. The summed E-state index contributed by atoms with van der Waals surface area (Å²) in [7, 11) is 0. The number of aliphatic hydroxyl groups is 1. The molecule has 1 aromatic heterocycles. The van der Waals surface area contributed by atoms with E-state index in [4.69, 9.17) is 0 Å². The third-order valence-electron chi connectivity index (χ3n) is 4.99. The minimum Gasteiger partial charge on any atom is -0.393 e. The van der Waals surface area contributed by atoms with Gasteiger partial charge in [-0.25, -0.2) is 4.39 Å². The molecule has 0 bridgehead atoms. The largest absolute Gasteiger partial charge is 0.393 e. The van der Waals surface area contributed by atoms with E-state index in [1.807, 2.05) is 61.7 Å². The number of unbranched alkanes of at least 4 members (excludes halogenated alkanes) is 1. The van der Waals surface area contributed by atoms with E-state index in [1.54, 1.807) is 12.1 Å². The molecule has 0 amide bonds. The molecule has 0 saturated heterocycles. The van der Waals surface area contributed by atoms with Gasteiger partial charge in [-0.3, -0.25) is 4.98 Å². The predicted molar refractivity (Wildman–Crippen MR) is 124 cm³/mol. The Kier molecular flexibility index (Phi) is 7.69. The van der Waals surface area contributed by atoms with Crippen LogP contribution in [0.15, 0.2) is 79.5 Å². The van der Waals surface area contributed by atoms with Gasteiger partial charge in [-0.1, -0.05) is 60.7 Å². The number of benzene rings is 2. The third kappa shape index (κ3) is 5.98. The average molecular weight is 402 g/mol. The van der Waals surface area contributed by atoms with E-state index in [1.165, 1.54) is 0 Å². The van der Waals surface area contributed by atoms with Crippen LogP contribution in [0.2, 0.25) is 0 Å². The van der Waals surface area contributed by atoms with E-state index in [0.717, 1.165) is 47.2 Å². The average Bonchev–Trinajstić information content (AvgIpc) is 2.74. The summed E-state index contributed by atoms with van der Waals surface area (Å²) in [4.78, 5) is 4.55. The maximum Gasteiger partial charge on any atom is 0.131 e. The van der Waals surface area contributed by atoms with Crippen LogP contribution in [-0.2, 0) is 6.42 Å². The molecule has 1 heterocycles. The summed E-state index contributed by atoms with van der Waals surface area (Å²) in [5.74, 6) is -0.218. The molecule has 1 unspecified atom stereocenters. The number of halogens is 1. The number of pyridine rings is 1. The normalized spacial score (nSPS) is 12.2. The molecule has 154 valence electrons. The zero-order valence-electron chi connectivity index (χ0n) is 17.4. The van der Waals surface area contributed by atoms with Crippen LogP contribution in [0.5, 0.6) is 0 Å². The molecule has 1 atom stereocenters. The molecule has 0 spiro atoms. The molecule has 0 fully saturated rings. The van der Waals surface area contributed by atoms with Gasteiger partial charge >= 0.3 is 0 Å². The lowest BCUT2D eigenvalue weighted by Crippen LogP contribution is -1.97. The first-order chi connectivity index (χ1) is 14.6. The Morgan fingerprint density at radius 1 is 1.07 bits per heavy atom. The zero-order valence-corrected chi connectivity index (χ0v) is 17.4. The van der Waals surface area contributed by atoms with Crippen LogP contribution in [0.4, 0.5) is 4.39 Å². The number of hydrogen-bond acceptors (Lipinski definition) is 2. The van der Waals surface area contributed by atoms with Crippen molar-refractivity contribution in [2.75, 3.05) is 0 Å². The highest BCUT2D eigenvalue weighted by Crippen LogP contribution is 2.27. The van der Waals surface area contributed by atoms with Gasteiger partial charge in [0.1, 0.15) is 5.82 Å². The van der Waals surface area contributed by atoms with E-state index in [-0.39, 0.29) is 11.9 Å². The van der Waals surface area contributed by atoms with Crippen molar-refractivity contribution in [3.05, 3.63) is 96.5 Å². The second-order valence-electron chi connectivity index (χ2n) is 7.54. The Morgan fingerprint density at radius 3 is 2.47 bits per heavy atom. The fraction of sp³-hybridized carbons (Fsp3) is 0.222. The van der Waals surface area contributed by atoms with Crippen molar-refractivity contribution in [2.24, 2.45) is 0 Å². The monoisotopic (exact) mass is 401 g/mol. The molecule has 3 heteroatoms. The van der Waals surface area contributed by atoms with Crippen molar-refractivity contribution >= 4 is 6.08 Å². The lowest BCUT2D eigenvalue weighted by molar-refractivity contribution is 0.182. The van der Waals surface area contributed by atoms with Crippen LogP contribution in [0.25, 0.3) is 28.5 Å². The Labute approximate surface area is 178 Å². The van der Waals surface area contributed by atoms with Gasteiger partial charge < -0.3 is 5.11 Å². The van der Waals surface area contributed by atoms with E-state index >= 15 is 0 Å². The molecule has 3 aromatic rings. The van der Waals surface area contributed by atoms with E-state index < -0.39 is 0 Å². The standard InChI is InChI=1S/C27H28FNO/c1-3-7-21-10-16-25(26(28)18-21)23-12-14-24(15-13-23)27-17-11-22(19-29-27)9-6-4-5-8-20(2)30/h3,6,9-20,30H,1,4-5,7-8H2,2H3/b9-6+. The fourth-order valence-corrected chi connectivity index (χ4v) is 3.33. The number of nitrogens with zero attached hydrogens (tertiary/aromatic N) is 1. The molecule has 2 nitrogen and oxygen atoms in total. The topological polar surface area (TPSA) is 33.1 Å². The Balaban J connectivity index is 1.66. The third-order valence-corrected chi connectivity index (χ3v) is 4.99. The Bertz CT molecular complexity index is 988.